The highest BCUT2D eigenvalue weighted by Crippen LogP contribution is 2.08. The molecule has 120 valence electrons. The number of anilines is 1. The summed E-state index contributed by atoms with van der Waals surface area (Å²) >= 11 is 0. The van der Waals surface area contributed by atoms with Crippen LogP contribution in [0.3, 0.4) is 0 Å². The second-order valence-electron chi connectivity index (χ2n) is 5.69. The molecule has 6 nitrogen and oxygen atoms in total. The van der Waals surface area contributed by atoms with E-state index in [0.717, 1.165) is 19.4 Å². The number of urea groups is 1. The van der Waals surface area contributed by atoms with Crippen molar-refractivity contribution in [3.8, 4) is 0 Å². The van der Waals surface area contributed by atoms with E-state index in [1.807, 2.05) is 18.2 Å². The maximum Gasteiger partial charge on any atom is 0.319 e. The quantitative estimate of drug-likeness (QED) is 0.679. The van der Waals surface area contributed by atoms with E-state index in [4.69, 9.17) is 0 Å². The standard InChI is InChI=1S/C16H24N4O2/c1-11-14(9-6-10-17-11)20-15(21)12(2)18-16(22)19-13-7-4-3-5-8-13/h3-5,7-8,11-12,14,17H,6,9-10H2,1-2H3,(H,20,21)(H2,18,19,22). The molecule has 0 aliphatic carbocycles. The number of carbonyl (C=O) groups excluding carboxylic acids is 2. The Hall–Kier alpha value is -2.08. The lowest BCUT2D eigenvalue weighted by atomic mass is 9.99. The number of carbonyl (C=O) groups is 2. The minimum absolute atomic E-state index is 0.114. The molecular formula is C16H24N4O2. The number of para-hydroxylation sites is 1. The number of hydrogen-bond acceptors (Lipinski definition) is 3. The third kappa shape index (κ3) is 4.73. The average Bonchev–Trinajstić information content (AvgIpc) is 2.50. The van der Waals surface area contributed by atoms with Gasteiger partial charge >= 0.3 is 6.03 Å². The smallest absolute Gasteiger partial charge is 0.319 e. The Bertz CT molecular complexity index is 506. The molecule has 3 amide bonds. The first-order valence-corrected chi connectivity index (χ1v) is 7.72. The van der Waals surface area contributed by atoms with Crippen molar-refractivity contribution in [2.75, 3.05) is 11.9 Å². The zero-order valence-electron chi connectivity index (χ0n) is 13.1. The van der Waals surface area contributed by atoms with Crippen LogP contribution in [-0.2, 0) is 4.79 Å². The number of piperidine rings is 1. The average molecular weight is 304 g/mol. The van der Waals surface area contributed by atoms with Crippen LogP contribution in [0, 0.1) is 0 Å². The van der Waals surface area contributed by atoms with Gasteiger partial charge in [0.15, 0.2) is 0 Å². The fourth-order valence-electron chi connectivity index (χ4n) is 2.50. The molecule has 22 heavy (non-hydrogen) atoms. The van der Waals surface area contributed by atoms with Crippen molar-refractivity contribution in [1.29, 1.82) is 0 Å². The van der Waals surface area contributed by atoms with Crippen LogP contribution in [0.4, 0.5) is 10.5 Å². The van der Waals surface area contributed by atoms with Crippen molar-refractivity contribution in [1.82, 2.24) is 16.0 Å². The van der Waals surface area contributed by atoms with Gasteiger partial charge in [-0.3, -0.25) is 4.79 Å². The fourth-order valence-corrected chi connectivity index (χ4v) is 2.50. The molecule has 1 aliphatic rings. The Labute approximate surface area is 131 Å². The first-order chi connectivity index (χ1) is 10.6. The molecular weight excluding hydrogens is 280 g/mol. The predicted octanol–water partition coefficient (Wildman–Crippen LogP) is 1.45. The second kappa shape index (κ2) is 7.79. The first-order valence-electron chi connectivity index (χ1n) is 7.72. The Kier molecular flexibility index (Phi) is 5.77. The highest BCUT2D eigenvalue weighted by Gasteiger charge is 2.25. The Morgan fingerprint density at radius 3 is 2.68 bits per heavy atom. The van der Waals surface area contributed by atoms with E-state index < -0.39 is 6.04 Å². The van der Waals surface area contributed by atoms with E-state index >= 15 is 0 Å². The van der Waals surface area contributed by atoms with Crippen LogP contribution in [0.1, 0.15) is 26.7 Å². The van der Waals surface area contributed by atoms with Gasteiger partial charge in [0.2, 0.25) is 5.91 Å². The summed E-state index contributed by atoms with van der Waals surface area (Å²) in [5, 5.41) is 11.7. The molecule has 1 fully saturated rings. The van der Waals surface area contributed by atoms with E-state index in [1.165, 1.54) is 0 Å². The van der Waals surface area contributed by atoms with Gasteiger partial charge in [-0.25, -0.2) is 4.79 Å². The van der Waals surface area contributed by atoms with Crippen molar-refractivity contribution in [2.45, 2.75) is 44.8 Å². The molecule has 6 heteroatoms. The zero-order chi connectivity index (χ0) is 15.9. The number of rotatable bonds is 4. The lowest BCUT2D eigenvalue weighted by Gasteiger charge is -2.31. The van der Waals surface area contributed by atoms with Crippen LogP contribution in [0.15, 0.2) is 30.3 Å². The minimum Gasteiger partial charge on any atom is -0.350 e. The summed E-state index contributed by atoms with van der Waals surface area (Å²) < 4.78 is 0. The van der Waals surface area contributed by atoms with E-state index in [1.54, 1.807) is 19.1 Å². The molecule has 2 rings (SSSR count). The van der Waals surface area contributed by atoms with Gasteiger partial charge < -0.3 is 21.3 Å². The van der Waals surface area contributed by atoms with Crippen molar-refractivity contribution in [2.24, 2.45) is 0 Å². The van der Waals surface area contributed by atoms with E-state index in [-0.39, 0.29) is 24.0 Å². The van der Waals surface area contributed by atoms with Crippen LogP contribution < -0.4 is 21.3 Å². The topological polar surface area (TPSA) is 82.3 Å². The molecule has 0 spiro atoms. The largest absolute Gasteiger partial charge is 0.350 e. The van der Waals surface area contributed by atoms with Gasteiger partial charge in [0.25, 0.3) is 0 Å². The lowest BCUT2D eigenvalue weighted by molar-refractivity contribution is -0.123. The summed E-state index contributed by atoms with van der Waals surface area (Å²) in [6.07, 6.45) is 2.01. The molecule has 0 radical (unpaired) electrons. The van der Waals surface area contributed by atoms with E-state index in [9.17, 15) is 9.59 Å². The summed E-state index contributed by atoms with van der Waals surface area (Å²) in [7, 11) is 0. The molecule has 0 saturated carbocycles. The predicted molar refractivity (Wildman–Crippen MR) is 86.7 cm³/mol. The first kappa shape index (κ1) is 16.3. The highest BCUT2D eigenvalue weighted by atomic mass is 16.2. The summed E-state index contributed by atoms with van der Waals surface area (Å²) in [6, 6.07) is 8.52. The molecule has 0 bridgehead atoms. The zero-order valence-corrected chi connectivity index (χ0v) is 13.1. The number of benzene rings is 1. The summed E-state index contributed by atoms with van der Waals surface area (Å²) in [5.41, 5.74) is 0.692. The SMILES string of the molecule is CC(NC(=O)Nc1ccccc1)C(=O)NC1CCCNC1C. The van der Waals surface area contributed by atoms with Crippen LogP contribution >= 0.6 is 0 Å². The van der Waals surface area contributed by atoms with Crippen molar-refractivity contribution in [3.63, 3.8) is 0 Å². The van der Waals surface area contributed by atoms with Crippen LogP contribution in [0.5, 0.6) is 0 Å². The third-order valence-corrected chi connectivity index (χ3v) is 3.86. The van der Waals surface area contributed by atoms with Crippen LogP contribution in [0.2, 0.25) is 0 Å². The normalized spacial score (nSPS) is 22.5. The highest BCUT2D eigenvalue weighted by molar-refractivity contribution is 5.93. The third-order valence-electron chi connectivity index (χ3n) is 3.86. The minimum atomic E-state index is -0.585. The molecule has 1 aliphatic heterocycles. The molecule has 4 N–H and O–H groups in total. The maximum atomic E-state index is 12.2. The Morgan fingerprint density at radius 1 is 1.27 bits per heavy atom. The maximum absolute atomic E-state index is 12.2. The van der Waals surface area contributed by atoms with Gasteiger partial charge in [0.1, 0.15) is 6.04 Å². The summed E-state index contributed by atoms with van der Waals surface area (Å²) in [5.74, 6) is -0.163. The van der Waals surface area contributed by atoms with E-state index in [2.05, 4.69) is 28.2 Å². The molecule has 1 saturated heterocycles. The Balaban J connectivity index is 1.79. The van der Waals surface area contributed by atoms with Gasteiger partial charge in [-0.2, -0.15) is 0 Å². The van der Waals surface area contributed by atoms with Crippen molar-refractivity contribution in [3.05, 3.63) is 30.3 Å². The second-order valence-corrected chi connectivity index (χ2v) is 5.69. The van der Waals surface area contributed by atoms with Gasteiger partial charge in [-0.1, -0.05) is 18.2 Å². The van der Waals surface area contributed by atoms with Crippen LogP contribution in [-0.4, -0.2) is 36.6 Å². The van der Waals surface area contributed by atoms with Gasteiger partial charge in [-0.05, 0) is 45.4 Å². The molecule has 0 aromatic heterocycles. The summed E-state index contributed by atoms with van der Waals surface area (Å²) in [6.45, 7) is 4.73. The Morgan fingerprint density at radius 2 is 2.00 bits per heavy atom. The number of amides is 3. The van der Waals surface area contributed by atoms with E-state index in [0.29, 0.717) is 5.69 Å². The van der Waals surface area contributed by atoms with Crippen molar-refractivity contribution < 1.29 is 9.59 Å². The van der Waals surface area contributed by atoms with Gasteiger partial charge in [0, 0.05) is 17.8 Å². The monoisotopic (exact) mass is 304 g/mol. The van der Waals surface area contributed by atoms with Crippen LogP contribution in [0.25, 0.3) is 0 Å². The summed E-state index contributed by atoms with van der Waals surface area (Å²) in [4.78, 5) is 24.0. The van der Waals surface area contributed by atoms with Gasteiger partial charge in [-0.15, -0.1) is 0 Å². The molecule has 1 aromatic rings. The fraction of sp³-hybridized carbons (Fsp3) is 0.500. The molecule has 1 heterocycles. The molecule has 3 unspecified atom stereocenters. The number of nitrogens with one attached hydrogen (secondary N) is 4. The molecule has 1 aromatic carbocycles. The molecule has 3 atom stereocenters. The lowest BCUT2D eigenvalue weighted by Crippen LogP contribution is -2.56. The number of hydrogen-bond donors (Lipinski definition) is 4. The van der Waals surface area contributed by atoms with Crippen molar-refractivity contribution >= 4 is 17.6 Å². The van der Waals surface area contributed by atoms with Gasteiger partial charge in [0.05, 0.1) is 0 Å².